The van der Waals surface area contributed by atoms with Crippen LogP contribution in [0.1, 0.15) is 40.5 Å². The topological polar surface area (TPSA) is 15.3 Å². The molecule has 1 fully saturated rings. The molecule has 0 aromatic rings. The van der Waals surface area contributed by atoms with Crippen LogP contribution in [0.15, 0.2) is 0 Å². The third kappa shape index (κ3) is 6.77. The summed E-state index contributed by atoms with van der Waals surface area (Å²) in [7, 11) is 0. The average Bonchev–Trinajstić information content (AvgIpc) is 2.66. The van der Waals surface area contributed by atoms with E-state index in [0.717, 1.165) is 6.54 Å². The summed E-state index contributed by atoms with van der Waals surface area (Å²) in [6, 6.07) is 0.631. The van der Waals surface area contributed by atoms with Gasteiger partial charge >= 0.3 is 0 Å². The van der Waals surface area contributed by atoms with Crippen molar-refractivity contribution in [1.29, 1.82) is 0 Å². The summed E-state index contributed by atoms with van der Waals surface area (Å²) in [4.78, 5) is 2.57. The van der Waals surface area contributed by atoms with Crippen molar-refractivity contribution in [3.63, 3.8) is 0 Å². The van der Waals surface area contributed by atoms with E-state index in [1.54, 1.807) is 0 Å². The number of hydrogen-bond acceptors (Lipinski definition) is 3. The van der Waals surface area contributed by atoms with Gasteiger partial charge in [-0.05, 0) is 32.9 Å². The van der Waals surface area contributed by atoms with E-state index < -0.39 is 0 Å². The van der Waals surface area contributed by atoms with Crippen molar-refractivity contribution in [2.24, 2.45) is 0 Å². The predicted molar refractivity (Wildman–Crippen MR) is 75.3 cm³/mol. The van der Waals surface area contributed by atoms with Gasteiger partial charge in [-0.15, -0.1) is 0 Å². The molecule has 0 radical (unpaired) electrons. The van der Waals surface area contributed by atoms with E-state index in [0.29, 0.717) is 10.8 Å². The molecule has 0 aromatic heterocycles. The highest BCUT2D eigenvalue weighted by molar-refractivity contribution is 8.00. The molecular formula is C13H28N2S. The lowest BCUT2D eigenvalue weighted by Gasteiger charge is -2.22. The van der Waals surface area contributed by atoms with Gasteiger partial charge in [-0.25, -0.2) is 0 Å². The highest BCUT2D eigenvalue weighted by Gasteiger charge is 2.14. The zero-order valence-electron chi connectivity index (χ0n) is 11.4. The first-order valence-corrected chi connectivity index (χ1v) is 7.55. The van der Waals surface area contributed by atoms with Crippen molar-refractivity contribution in [3.05, 3.63) is 0 Å². The van der Waals surface area contributed by atoms with E-state index in [9.17, 15) is 0 Å². The van der Waals surface area contributed by atoms with Crippen LogP contribution in [0.4, 0.5) is 0 Å². The molecule has 1 aliphatic heterocycles. The van der Waals surface area contributed by atoms with E-state index in [4.69, 9.17) is 0 Å². The predicted octanol–water partition coefficient (Wildman–Crippen LogP) is 2.59. The lowest BCUT2D eigenvalue weighted by molar-refractivity contribution is 0.331. The van der Waals surface area contributed by atoms with Gasteiger partial charge < -0.3 is 10.2 Å². The summed E-state index contributed by atoms with van der Waals surface area (Å²) in [5.41, 5.74) is 0. The largest absolute Gasteiger partial charge is 0.312 e. The number of nitrogens with zero attached hydrogens (tertiary/aromatic N) is 1. The average molecular weight is 244 g/mol. The Hall–Kier alpha value is 0.270. The van der Waals surface area contributed by atoms with Gasteiger partial charge in [0.15, 0.2) is 0 Å². The normalized spacial score (nSPS) is 20.2. The molecule has 1 N–H and O–H groups in total. The van der Waals surface area contributed by atoms with Crippen LogP contribution in [0.3, 0.4) is 0 Å². The quantitative estimate of drug-likeness (QED) is 0.773. The molecule has 16 heavy (non-hydrogen) atoms. The first-order chi connectivity index (χ1) is 7.47. The summed E-state index contributed by atoms with van der Waals surface area (Å²) in [6.45, 7) is 14.1. The van der Waals surface area contributed by atoms with Gasteiger partial charge in [0.1, 0.15) is 0 Å². The van der Waals surface area contributed by atoms with Gasteiger partial charge in [-0.3, -0.25) is 0 Å². The van der Waals surface area contributed by atoms with Gasteiger partial charge in [0.2, 0.25) is 0 Å². The summed E-state index contributed by atoms with van der Waals surface area (Å²) >= 11 is 2.05. The maximum atomic E-state index is 3.62. The van der Waals surface area contributed by atoms with Crippen LogP contribution < -0.4 is 5.32 Å². The number of rotatable bonds is 6. The van der Waals surface area contributed by atoms with Crippen LogP contribution in [-0.2, 0) is 0 Å². The van der Waals surface area contributed by atoms with Crippen molar-refractivity contribution in [2.75, 3.05) is 31.9 Å². The zero-order chi connectivity index (χ0) is 12.0. The second-order valence-electron chi connectivity index (χ2n) is 5.83. The molecule has 0 saturated carbocycles. The molecule has 0 bridgehead atoms. The molecule has 0 aromatic carbocycles. The molecule has 0 spiro atoms. The molecule has 1 aliphatic rings. The number of nitrogens with one attached hydrogen (secondary N) is 1. The summed E-state index contributed by atoms with van der Waals surface area (Å²) < 4.78 is 0.394. The highest BCUT2D eigenvalue weighted by Crippen LogP contribution is 2.23. The molecule has 1 heterocycles. The van der Waals surface area contributed by atoms with E-state index in [2.05, 4.69) is 37.9 Å². The molecule has 0 amide bonds. The fraction of sp³-hybridized carbons (Fsp3) is 1.00. The molecule has 96 valence electrons. The Morgan fingerprint density at radius 3 is 2.44 bits per heavy atom. The zero-order valence-corrected chi connectivity index (χ0v) is 12.2. The molecule has 1 atom stereocenters. The summed E-state index contributed by atoms with van der Waals surface area (Å²) in [5.74, 6) is 1.21. The first kappa shape index (κ1) is 14.3. The van der Waals surface area contributed by atoms with Crippen LogP contribution in [0.25, 0.3) is 0 Å². The van der Waals surface area contributed by atoms with Crippen molar-refractivity contribution < 1.29 is 0 Å². The van der Waals surface area contributed by atoms with Crippen molar-refractivity contribution in [3.8, 4) is 0 Å². The van der Waals surface area contributed by atoms with Crippen LogP contribution in [-0.4, -0.2) is 47.6 Å². The van der Waals surface area contributed by atoms with Crippen LogP contribution in [0, 0.1) is 0 Å². The first-order valence-electron chi connectivity index (χ1n) is 6.57. The second-order valence-corrected chi connectivity index (χ2v) is 7.67. The molecule has 3 heteroatoms. The minimum atomic E-state index is 0.394. The molecule has 2 nitrogen and oxygen atoms in total. The lowest BCUT2D eigenvalue weighted by Crippen LogP contribution is -2.36. The molecule has 1 rings (SSSR count). The van der Waals surface area contributed by atoms with Crippen LogP contribution >= 0.6 is 11.8 Å². The fourth-order valence-electron chi connectivity index (χ4n) is 1.91. The van der Waals surface area contributed by atoms with Gasteiger partial charge in [-0.1, -0.05) is 20.8 Å². The number of likely N-dealkylation sites (tertiary alicyclic amines) is 1. The van der Waals surface area contributed by atoms with Crippen LogP contribution in [0.2, 0.25) is 0 Å². The van der Waals surface area contributed by atoms with E-state index in [1.807, 2.05) is 11.8 Å². The van der Waals surface area contributed by atoms with E-state index in [-0.39, 0.29) is 0 Å². The maximum absolute atomic E-state index is 3.62. The van der Waals surface area contributed by atoms with E-state index in [1.165, 1.54) is 38.2 Å². The molecule has 0 aliphatic carbocycles. The fourth-order valence-corrected chi connectivity index (χ4v) is 2.78. The monoisotopic (exact) mass is 244 g/mol. The summed E-state index contributed by atoms with van der Waals surface area (Å²) in [5, 5.41) is 3.62. The van der Waals surface area contributed by atoms with Gasteiger partial charge in [0.05, 0.1) is 0 Å². The third-order valence-corrected chi connectivity index (χ3v) is 4.42. The van der Waals surface area contributed by atoms with Gasteiger partial charge in [-0.2, -0.15) is 11.8 Å². The maximum Gasteiger partial charge on any atom is 0.0130 e. The van der Waals surface area contributed by atoms with Crippen molar-refractivity contribution in [1.82, 2.24) is 10.2 Å². The number of hydrogen-bond donors (Lipinski definition) is 1. The molecule has 1 unspecified atom stereocenters. The Labute approximate surface area is 106 Å². The Morgan fingerprint density at radius 1 is 1.25 bits per heavy atom. The Morgan fingerprint density at radius 2 is 1.88 bits per heavy atom. The van der Waals surface area contributed by atoms with Gasteiger partial charge in [0, 0.05) is 29.6 Å². The number of thioether (sulfide) groups is 1. The van der Waals surface area contributed by atoms with Crippen molar-refractivity contribution >= 4 is 11.8 Å². The van der Waals surface area contributed by atoms with Gasteiger partial charge in [0.25, 0.3) is 0 Å². The van der Waals surface area contributed by atoms with Crippen molar-refractivity contribution in [2.45, 2.75) is 51.3 Å². The smallest absolute Gasteiger partial charge is 0.0130 e. The highest BCUT2D eigenvalue weighted by atomic mass is 32.2. The van der Waals surface area contributed by atoms with E-state index >= 15 is 0 Å². The minimum absolute atomic E-state index is 0.394. The molecule has 1 saturated heterocycles. The SMILES string of the molecule is CC(CSC(C)(C)C)NCCN1CCCC1. The standard InChI is InChI=1S/C13H28N2S/c1-12(11-16-13(2,3)4)14-7-10-15-8-5-6-9-15/h12,14H,5-11H2,1-4H3. The minimum Gasteiger partial charge on any atom is -0.312 e. The van der Waals surface area contributed by atoms with Crippen LogP contribution in [0.5, 0.6) is 0 Å². The second kappa shape index (κ2) is 6.87. The summed E-state index contributed by atoms with van der Waals surface area (Å²) in [6.07, 6.45) is 2.80. The lowest BCUT2D eigenvalue weighted by atomic mass is 10.3. The molecular weight excluding hydrogens is 216 g/mol. The third-order valence-electron chi connectivity index (χ3n) is 2.89. The Bertz CT molecular complexity index is 183. The Balaban J connectivity index is 1.99. The Kier molecular flexibility index (Phi) is 6.16.